The van der Waals surface area contributed by atoms with Crippen molar-refractivity contribution in [2.24, 2.45) is 5.10 Å². The summed E-state index contributed by atoms with van der Waals surface area (Å²) in [7, 11) is 0. The van der Waals surface area contributed by atoms with Gasteiger partial charge in [-0.05, 0) is 12.1 Å². The van der Waals surface area contributed by atoms with E-state index in [0.29, 0.717) is 5.71 Å². The monoisotopic (exact) mass is 410 g/mol. The molecule has 146 valence electrons. The summed E-state index contributed by atoms with van der Waals surface area (Å²) in [6.07, 6.45) is 0. The fourth-order valence-corrected chi connectivity index (χ4v) is 2.77. The first-order valence-corrected chi connectivity index (χ1v) is 9.02. The third kappa shape index (κ3) is 5.27. The molecule has 0 aliphatic carbocycles. The average molecular weight is 411 g/mol. The Kier molecular flexibility index (Phi) is 6.71. The maximum atomic E-state index is 13.7. The molecule has 0 aliphatic heterocycles. The van der Waals surface area contributed by atoms with Gasteiger partial charge in [-0.15, -0.1) is 0 Å². The molecule has 0 unspecified atom stereocenters. The van der Waals surface area contributed by atoms with Crippen LogP contribution in [0.4, 0.5) is 4.39 Å². The third-order valence-corrected chi connectivity index (χ3v) is 4.20. The Balaban J connectivity index is 1.70. The molecule has 0 saturated heterocycles. The average Bonchev–Trinajstić information content (AvgIpc) is 2.74. The van der Waals surface area contributed by atoms with E-state index < -0.39 is 29.9 Å². The number of nitrogens with one attached hydrogen (secondary N) is 1. The van der Waals surface area contributed by atoms with Crippen LogP contribution in [0.5, 0.6) is 0 Å². The number of esters is 1. The highest BCUT2D eigenvalue weighted by Gasteiger charge is 2.18. The summed E-state index contributed by atoms with van der Waals surface area (Å²) in [5.41, 5.74) is 4.09. The summed E-state index contributed by atoms with van der Waals surface area (Å²) in [6.45, 7) is -0.635. The van der Waals surface area contributed by atoms with Crippen LogP contribution in [-0.2, 0) is 9.53 Å². The molecule has 0 aromatic heterocycles. The molecular formula is C22H16ClFN2O3. The van der Waals surface area contributed by atoms with Crippen LogP contribution in [0, 0.1) is 5.82 Å². The van der Waals surface area contributed by atoms with E-state index in [9.17, 15) is 14.0 Å². The van der Waals surface area contributed by atoms with Gasteiger partial charge in [0.25, 0.3) is 5.91 Å². The van der Waals surface area contributed by atoms with Crippen molar-refractivity contribution < 1.29 is 18.7 Å². The van der Waals surface area contributed by atoms with Gasteiger partial charge in [-0.25, -0.2) is 14.6 Å². The zero-order chi connectivity index (χ0) is 20.6. The van der Waals surface area contributed by atoms with E-state index >= 15 is 0 Å². The Morgan fingerprint density at radius 1 is 0.897 bits per heavy atom. The summed E-state index contributed by atoms with van der Waals surface area (Å²) in [4.78, 5) is 24.1. The number of hydrogen-bond acceptors (Lipinski definition) is 4. The highest BCUT2D eigenvalue weighted by atomic mass is 35.5. The molecule has 7 heteroatoms. The molecule has 1 amide bonds. The number of halogens is 2. The van der Waals surface area contributed by atoms with E-state index in [-0.39, 0.29) is 5.02 Å². The molecule has 0 radical (unpaired) electrons. The number of carbonyl (C=O) groups is 2. The number of benzene rings is 3. The zero-order valence-electron chi connectivity index (χ0n) is 15.1. The first kappa shape index (κ1) is 20.2. The van der Waals surface area contributed by atoms with Crippen molar-refractivity contribution in [1.29, 1.82) is 0 Å². The molecule has 3 rings (SSSR count). The number of ether oxygens (including phenoxy) is 1. The number of amides is 1. The van der Waals surface area contributed by atoms with Crippen molar-refractivity contribution in [3.05, 3.63) is 106 Å². The SMILES string of the molecule is O=C(COC(=O)c1c(F)cccc1Cl)NN=C(c1ccccc1)c1ccccc1. The Bertz CT molecular complexity index is 979. The molecular weight excluding hydrogens is 395 g/mol. The van der Waals surface area contributed by atoms with Gasteiger partial charge in [0.1, 0.15) is 11.4 Å². The van der Waals surface area contributed by atoms with Crippen molar-refractivity contribution in [3.63, 3.8) is 0 Å². The summed E-state index contributed by atoms with van der Waals surface area (Å²) in [6, 6.07) is 22.4. The van der Waals surface area contributed by atoms with Gasteiger partial charge in [0, 0.05) is 11.1 Å². The summed E-state index contributed by atoms with van der Waals surface area (Å²) < 4.78 is 18.6. The van der Waals surface area contributed by atoms with Crippen LogP contribution in [0.25, 0.3) is 0 Å². The second-order valence-corrected chi connectivity index (χ2v) is 6.31. The molecule has 29 heavy (non-hydrogen) atoms. The van der Waals surface area contributed by atoms with Crippen LogP contribution < -0.4 is 5.43 Å². The van der Waals surface area contributed by atoms with Crippen molar-refractivity contribution in [2.45, 2.75) is 0 Å². The van der Waals surface area contributed by atoms with Crippen molar-refractivity contribution >= 4 is 29.2 Å². The van der Waals surface area contributed by atoms with Crippen LogP contribution in [-0.4, -0.2) is 24.2 Å². The van der Waals surface area contributed by atoms with Gasteiger partial charge in [-0.3, -0.25) is 4.79 Å². The van der Waals surface area contributed by atoms with E-state index in [4.69, 9.17) is 16.3 Å². The van der Waals surface area contributed by atoms with Crippen molar-refractivity contribution in [3.8, 4) is 0 Å². The molecule has 0 bridgehead atoms. The molecule has 3 aromatic rings. The number of carbonyl (C=O) groups excluding carboxylic acids is 2. The highest BCUT2D eigenvalue weighted by Crippen LogP contribution is 2.19. The molecule has 0 aliphatic rings. The lowest BCUT2D eigenvalue weighted by Gasteiger charge is -2.09. The van der Waals surface area contributed by atoms with Gasteiger partial charge < -0.3 is 4.74 Å². The lowest BCUT2D eigenvalue weighted by Crippen LogP contribution is -2.26. The smallest absolute Gasteiger partial charge is 0.343 e. The second kappa shape index (κ2) is 9.61. The van der Waals surface area contributed by atoms with E-state index in [2.05, 4.69) is 10.5 Å². The molecule has 0 heterocycles. The molecule has 3 aromatic carbocycles. The molecule has 0 saturated carbocycles. The van der Waals surface area contributed by atoms with E-state index in [1.54, 1.807) is 0 Å². The first-order valence-electron chi connectivity index (χ1n) is 8.65. The molecule has 0 atom stereocenters. The minimum Gasteiger partial charge on any atom is -0.452 e. The minimum absolute atomic E-state index is 0.0936. The normalized spacial score (nSPS) is 10.1. The molecule has 1 N–H and O–H groups in total. The van der Waals surface area contributed by atoms with Gasteiger partial charge in [0.15, 0.2) is 6.61 Å². The van der Waals surface area contributed by atoms with Gasteiger partial charge in [-0.1, -0.05) is 78.3 Å². The van der Waals surface area contributed by atoms with E-state index in [1.165, 1.54) is 12.1 Å². The lowest BCUT2D eigenvalue weighted by atomic mass is 10.0. The van der Waals surface area contributed by atoms with Crippen molar-refractivity contribution in [2.75, 3.05) is 6.61 Å². The van der Waals surface area contributed by atoms with Crippen LogP contribution in [0.2, 0.25) is 5.02 Å². The molecule has 0 spiro atoms. The highest BCUT2D eigenvalue weighted by molar-refractivity contribution is 6.33. The Labute approximate surface area is 171 Å². The van der Waals surface area contributed by atoms with Gasteiger partial charge >= 0.3 is 5.97 Å². The van der Waals surface area contributed by atoms with Gasteiger partial charge in [0.05, 0.1) is 10.7 Å². The predicted molar refractivity (Wildman–Crippen MR) is 108 cm³/mol. The Hall–Kier alpha value is -3.51. The van der Waals surface area contributed by atoms with E-state index in [0.717, 1.165) is 17.2 Å². The van der Waals surface area contributed by atoms with Crippen LogP contribution >= 0.6 is 11.6 Å². The molecule has 5 nitrogen and oxygen atoms in total. The summed E-state index contributed by atoms with van der Waals surface area (Å²) >= 11 is 5.81. The van der Waals surface area contributed by atoms with Crippen LogP contribution in [0.1, 0.15) is 21.5 Å². The Morgan fingerprint density at radius 2 is 1.48 bits per heavy atom. The fraction of sp³-hybridized carbons (Fsp3) is 0.0455. The standard InChI is InChI=1S/C22H16ClFN2O3/c23-17-12-7-13-18(24)20(17)22(28)29-14-19(27)25-26-21(15-8-3-1-4-9-15)16-10-5-2-6-11-16/h1-13H,14H2,(H,25,27). The topological polar surface area (TPSA) is 67.8 Å². The van der Waals surface area contributed by atoms with E-state index in [1.807, 2.05) is 60.7 Å². The van der Waals surface area contributed by atoms with Crippen molar-refractivity contribution in [1.82, 2.24) is 5.43 Å². The molecule has 0 fully saturated rings. The largest absolute Gasteiger partial charge is 0.452 e. The second-order valence-electron chi connectivity index (χ2n) is 5.90. The van der Waals surface area contributed by atoms with Gasteiger partial charge in [-0.2, -0.15) is 5.10 Å². The number of nitrogens with zero attached hydrogens (tertiary/aromatic N) is 1. The van der Waals surface area contributed by atoms with Crippen LogP contribution in [0.3, 0.4) is 0 Å². The minimum atomic E-state index is -1.03. The van der Waals surface area contributed by atoms with Crippen LogP contribution in [0.15, 0.2) is 84.0 Å². The quantitative estimate of drug-likeness (QED) is 0.376. The Morgan fingerprint density at radius 3 is 2.03 bits per heavy atom. The maximum absolute atomic E-state index is 13.7. The number of hydrazone groups is 1. The first-order chi connectivity index (χ1) is 14.1. The van der Waals surface area contributed by atoms with Gasteiger partial charge in [0.2, 0.25) is 0 Å². The number of rotatable bonds is 6. The number of hydrogen-bond donors (Lipinski definition) is 1. The fourth-order valence-electron chi connectivity index (χ4n) is 2.53. The lowest BCUT2D eigenvalue weighted by molar-refractivity contribution is -0.124. The maximum Gasteiger partial charge on any atom is 0.343 e. The third-order valence-electron chi connectivity index (χ3n) is 3.89. The summed E-state index contributed by atoms with van der Waals surface area (Å²) in [5.74, 6) is -2.52. The predicted octanol–water partition coefficient (Wildman–Crippen LogP) is 4.20. The summed E-state index contributed by atoms with van der Waals surface area (Å²) in [5, 5.41) is 4.08. The zero-order valence-corrected chi connectivity index (χ0v) is 15.9.